The second-order valence-electron chi connectivity index (χ2n) is 0. The standard InChI is InChI=1S/8O.4Zr/q8*-2;4*+4. The first-order chi connectivity index (χ1) is 0. The summed E-state index contributed by atoms with van der Waals surface area (Å²) in [4.78, 5) is 0. The van der Waals surface area contributed by atoms with Crippen molar-refractivity contribution < 1.29 is 149 Å². The van der Waals surface area contributed by atoms with Crippen molar-refractivity contribution in [3.63, 3.8) is 0 Å². The van der Waals surface area contributed by atoms with Crippen molar-refractivity contribution in [2.45, 2.75) is 0 Å². The van der Waals surface area contributed by atoms with E-state index in [4.69, 9.17) is 0 Å². The van der Waals surface area contributed by atoms with E-state index in [2.05, 4.69) is 0 Å². The summed E-state index contributed by atoms with van der Waals surface area (Å²) < 4.78 is 0. The van der Waals surface area contributed by atoms with Crippen LogP contribution in [0.25, 0.3) is 0 Å². The van der Waals surface area contributed by atoms with E-state index in [1.165, 1.54) is 0 Å². The number of rotatable bonds is 0. The van der Waals surface area contributed by atoms with Gasteiger partial charge >= 0.3 is 105 Å². The normalized spacial score (nSPS) is 0. The molecule has 0 aromatic carbocycles. The van der Waals surface area contributed by atoms with Gasteiger partial charge in [-0.25, -0.2) is 0 Å². The summed E-state index contributed by atoms with van der Waals surface area (Å²) in [6, 6.07) is 0. The van der Waals surface area contributed by atoms with Crippen LogP contribution in [0.3, 0.4) is 0 Å². The topological polar surface area (TPSA) is 228 Å². The number of hydrogen-bond donors (Lipinski definition) is 0. The molecular weight excluding hydrogens is 493 g/mol. The molecule has 0 rings (SSSR count). The van der Waals surface area contributed by atoms with Crippen LogP contribution in [0.15, 0.2) is 0 Å². The van der Waals surface area contributed by atoms with Gasteiger partial charge in [0, 0.05) is 0 Å². The van der Waals surface area contributed by atoms with Crippen molar-refractivity contribution in [2.75, 3.05) is 0 Å². The van der Waals surface area contributed by atoms with E-state index < -0.39 is 0 Å². The predicted molar refractivity (Wildman–Crippen MR) is 5.49 cm³/mol. The monoisotopic (exact) mass is 488 g/mol. The molecule has 0 bridgehead atoms. The molecule has 64 valence electrons. The van der Waals surface area contributed by atoms with E-state index in [0.29, 0.717) is 0 Å². The van der Waals surface area contributed by atoms with E-state index in [1.54, 1.807) is 0 Å². The fourth-order valence-electron chi connectivity index (χ4n) is 0. The minimum atomic E-state index is 0. The summed E-state index contributed by atoms with van der Waals surface area (Å²) in [6.45, 7) is 0. The molecule has 0 aliphatic rings. The van der Waals surface area contributed by atoms with Crippen molar-refractivity contribution in [3.8, 4) is 0 Å². The molecule has 0 unspecified atom stereocenters. The van der Waals surface area contributed by atoms with Gasteiger partial charge in [0.1, 0.15) is 0 Å². The molecule has 0 N–H and O–H groups in total. The van der Waals surface area contributed by atoms with Gasteiger partial charge in [0.05, 0.1) is 0 Å². The molecule has 0 amide bonds. The first-order valence-corrected chi connectivity index (χ1v) is 0. The first kappa shape index (κ1) is 298. The second-order valence-corrected chi connectivity index (χ2v) is 0. The molecule has 12 heavy (non-hydrogen) atoms. The molecule has 0 saturated heterocycles. The van der Waals surface area contributed by atoms with Gasteiger partial charge in [-0.05, 0) is 0 Å². The third kappa shape index (κ3) is 191. The van der Waals surface area contributed by atoms with Crippen LogP contribution in [0.2, 0.25) is 0 Å². The quantitative estimate of drug-likeness (QED) is 0.397. The third-order valence-corrected chi connectivity index (χ3v) is 0. The van der Waals surface area contributed by atoms with E-state index in [-0.39, 0.29) is 149 Å². The summed E-state index contributed by atoms with van der Waals surface area (Å²) >= 11 is 0. The van der Waals surface area contributed by atoms with Crippen LogP contribution in [-0.4, -0.2) is 0 Å². The summed E-state index contributed by atoms with van der Waals surface area (Å²) in [5.41, 5.74) is 0. The van der Waals surface area contributed by atoms with Gasteiger partial charge in [-0.2, -0.15) is 0 Å². The Morgan fingerprint density at radius 2 is 0.167 bits per heavy atom. The Kier molecular flexibility index (Phi) is 5970. The van der Waals surface area contributed by atoms with Crippen LogP contribution in [0.1, 0.15) is 0 Å². The molecule has 0 heterocycles. The van der Waals surface area contributed by atoms with Gasteiger partial charge in [-0.3, -0.25) is 0 Å². The van der Waals surface area contributed by atoms with E-state index in [1.807, 2.05) is 0 Å². The van der Waals surface area contributed by atoms with E-state index in [9.17, 15) is 0 Å². The molecule has 0 saturated carbocycles. The van der Waals surface area contributed by atoms with Crippen molar-refractivity contribution in [2.24, 2.45) is 0 Å². The van der Waals surface area contributed by atoms with Gasteiger partial charge in [0.2, 0.25) is 0 Å². The fourth-order valence-corrected chi connectivity index (χ4v) is 0. The molecule has 0 aliphatic heterocycles. The molecule has 0 atom stereocenters. The van der Waals surface area contributed by atoms with Crippen LogP contribution in [0.5, 0.6) is 0 Å². The average Bonchev–Trinajstić information content (AvgIpc) is 0. The van der Waals surface area contributed by atoms with Crippen molar-refractivity contribution in [1.82, 2.24) is 0 Å². The van der Waals surface area contributed by atoms with Gasteiger partial charge in [0.15, 0.2) is 0 Å². The van der Waals surface area contributed by atoms with Crippen LogP contribution >= 0.6 is 0 Å². The Balaban J connectivity index is 0. The molecule has 0 aromatic rings. The maximum Gasteiger partial charge on any atom is 4.00 e. The Morgan fingerprint density at radius 3 is 0.167 bits per heavy atom. The van der Waals surface area contributed by atoms with E-state index in [0.717, 1.165) is 0 Å². The maximum atomic E-state index is 0. The molecule has 0 aliphatic carbocycles. The summed E-state index contributed by atoms with van der Waals surface area (Å²) in [7, 11) is 0. The van der Waals surface area contributed by atoms with Crippen molar-refractivity contribution >= 4 is 0 Å². The summed E-state index contributed by atoms with van der Waals surface area (Å²) in [5, 5.41) is 0. The maximum absolute atomic E-state index is 0. The Hall–Kier alpha value is 3.21. The Labute approximate surface area is 146 Å². The molecule has 0 radical (unpaired) electrons. The fraction of sp³-hybridized carbons (Fsp3) is 0. The van der Waals surface area contributed by atoms with Crippen LogP contribution in [0, 0.1) is 0 Å². The first-order valence-electron chi connectivity index (χ1n) is 0. The number of hydrogen-bond acceptors (Lipinski definition) is 0. The minimum Gasteiger partial charge on any atom is -2.00 e. The zero-order chi connectivity index (χ0) is 0. The smallest absolute Gasteiger partial charge is 2.00 e. The SMILES string of the molecule is [O-2].[O-2].[O-2].[O-2].[O-2].[O-2].[O-2].[O-2].[Zr+4].[Zr+4].[Zr+4].[Zr+4]. The second kappa shape index (κ2) is 240. The van der Waals surface area contributed by atoms with Crippen LogP contribution < -0.4 is 0 Å². The van der Waals surface area contributed by atoms with Crippen LogP contribution in [0.4, 0.5) is 0 Å². The van der Waals surface area contributed by atoms with Gasteiger partial charge in [0.25, 0.3) is 0 Å². The summed E-state index contributed by atoms with van der Waals surface area (Å²) in [6.07, 6.45) is 0. The molecule has 12 heteroatoms. The zero-order valence-electron chi connectivity index (χ0n) is 5.27. The summed E-state index contributed by atoms with van der Waals surface area (Å²) in [5.74, 6) is 0. The van der Waals surface area contributed by atoms with Crippen molar-refractivity contribution in [3.05, 3.63) is 0 Å². The Morgan fingerprint density at radius 1 is 0.167 bits per heavy atom. The minimum absolute atomic E-state index is 0. The molecule has 8 nitrogen and oxygen atoms in total. The van der Waals surface area contributed by atoms with Gasteiger partial charge in [-0.1, -0.05) is 0 Å². The average molecular weight is 493 g/mol. The molecule has 0 fully saturated rings. The Bertz CT molecular complexity index is 11.0. The third-order valence-electron chi connectivity index (χ3n) is 0. The molecule has 0 aromatic heterocycles. The predicted octanol–water partition coefficient (Wildman–Crippen LogP) is -0.960. The van der Waals surface area contributed by atoms with Gasteiger partial charge in [-0.15, -0.1) is 0 Å². The van der Waals surface area contributed by atoms with Crippen LogP contribution in [-0.2, 0) is 149 Å². The zero-order valence-corrected chi connectivity index (χ0v) is 15.1. The van der Waals surface area contributed by atoms with Gasteiger partial charge < -0.3 is 43.8 Å². The molecular formula is O8Zr4. The van der Waals surface area contributed by atoms with Crippen molar-refractivity contribution in [1.29, 1.82) is 0 Å². The largest absolute Gasteiger partial charge is 4.00 e. The molecule has 0 spiro atoms. The van der Waals surface area contributed by atoms with E-state index >= 15 is 0 Å².